The van der Waals surface area contributed by atoms with Crippen LogP contribution in [0.25, 0.3) is 0 Å². The summed E-state index contributed by atoms with van der Waals surface area (Å²) in [5.41, 5.74) is 0.779. The molecule has 0 aliphatic carbocycles. The van der Waals surface area contributed by atoms with Crippen molar-refractivity contribution in [3.63, 3.8) is 0 Å². The molecule has 18 heavy (non-hydrogen) atoms. The maximum Gasteiger partial charge on any atom is 0.123 e. The normalized spacial score (nSPS) is 10.8. The van der Waals surface area contributed by atoms with E-state index in [1.165, 1.54) is 17.0 Å². The highest BCUT2D eigenvalue weighted by Crippen LogP contribution is 2.21. The van der Waals surface area contributed by atoms with Crippen LogP contribution >= 0.6 is 34.5 Å². The van der Waals surface area contributed by atoms with Gasteiger partial charge in [-0.15, -0.1) is 11.3 Å². The van der Waals surface area contributed by atoms with Gasteiger partial charge in [0.05, 0.1) is 4.34 Å². The van der Waals surface area contributed by atoms with Crippen LogP contribution in [0.4, 0.5) is 4.39 Å². The van der Waals surface area contributed by atoms with Gasteiger partial charge in [-0.1, -0.05) is 23.2 Å². The lowest BCUT2D eigenvalue weighted by molar-refractivity contribution is 0.620. The van der Waals surface area contributed by atoms with Crippen LogP contribution in [0.15, 0.2) is 30.3 Å². The van der Waals surface area contributed by atoms with Crippen molar-refractivity contribution >= 4 is 34.5 Å². The summed E-state index contributed by atoms with van der Waals surface area (Å²) in [6.07, 6.45) is 0.907. The third-order valence-corrected chi connectivity index (χ3v) is 4.16. The van der Waals surface area contributed by atoms with E-state index in [-0.39, 0.29) is 5.82 Å². The fraction of sp³-hybridized carbons (Fsp3) is 0.231. The minimum atomic E-state index is -0.263. The molecule has 0 aliphatic rings. The zero-order valence-electron chi connectivity index (χ0n) is 9.55. The Bertz CT molecular complexity index is 527. The van der Waals surface area contributed by atoms with Crippen molar-refractivity contribution in [2.45, 2.75) is 13.0 Å². The second kappa shape index (κ2) is 6.53. The van der Waals surface area contributed by atoms with Crippen LogP contribution in [0.2, 0.25) is 9.36 Å². The van der Waals surface area contributed by atoms with Crippen LogP contribution in [0.5, 0.6) is 0 Å². The highest BCUT2D eigenvalue weighted by Gasteiger charge is 2.02. The van der Waals surface area contributed by atoms with Gasteiger partial charge in [0.2, 0.25) is 0 Å². The molecule has 1 nitrogen and oxygen atoms in total. The van der Waals surface area contributed by atoms with E-state index in [2.05, 4.69) is 5.32 Å². The van der Waals surface area contributed by atoms with Gasteiger partial charge in [0.15, 0.2) is 0 Å². The zero-order valence-corrected chi connectivity index (χ0v) is 11.9. The Hall–Kier alpha value is -0.610. The molecule has 0 bridgehead atoms. The van der Waals surface area contributed by atoms with Crippen molar-refractivity contribution < 1.29 is 4.39 Å². The molecule has 1 aromatic carbocycles. The van der Waals surface area contributed by atoms with E-state index in [4.69, 9.17) is 23.2 Å². The molecule has 0 saturated heterocycles. The van der Waals surface area contributed by atoms with Gasteiger partial charge in [0.25, 0.3) is 0 Å². The highest BCUT2D eigenvalue weighted by atomic mass is 35.5. The van der Waals surface area contributed by atoms with Crippen molar-refractivity contribution in [1.29, 1.82) is 0 Å². The first-order chi connectivity index (χ1) is 8.65. The minimum absolute atomic E-state index is 0.263. The molecule has 0 radical (unpaired) electrons. The smallest absolute Gasteiger partial charge is 0.123 e. The maximum atomic E-state index is 13.0. The van der Waals surface area contributed by atoms with Crippen LogP contribution < -0.4 is 5.32 Å². The van der Waals surface area contributed by atoms with E-state index in [1.807, 2.05) is 12.1 Å². The summed E-state index contributed by atoms with van der Waals surface area (Å²) in [5, 5.41) is 3.83. The third kappa shape index (κ3) is 3.95. The molecule has 1 heterocycles. The number of halogens is 3. The van der Waals surface area contributed by atoms with Gasteiger partial charge in [-0.25, -0.2) is 4.39 Å². The first-order valence-electron chi connectivity index (χ1n) is 5.54. The van der Waals surface area contributed by atoms with Crippen molar-refractivity contribution in [2.75, 3.05) is 6.54 Å². The molecule has 0 atom stereocenters. The van der Waals surface area contributed by atoms with Crippen LogP contribution in [-0.4, -0.2) is 6.54 Å². The van der Waals surface area contributed by atoms with E-state index >= 15 is 0 Å². The number of benzene rings is 1. The quantitative estimate of drug-likeness (QED) is 0.800. The molecule has 96 valence electrons. The summed E-state index contributed by atoms with van der Waals surface area (Å²) in [7, 11) is 0. The molecule has 0 amide bonds. The SMILES string of the molecule is Fc1ccc(Cl)c(CNCCc2ccc(Cl)s2)c1. The molecule has 1 aromatic heterocycles. The van der Waals surface area contributed by atoms with Crippen molar-refractivity contribution in [1.82, 2.24) is 5.32 Å². The zero-order chi connectivity index (χ0) is 13.0. The number of nitrogens with one attached hydrogen (secondary N) is 1. The Morgan fingerprint density at radius 2 is 2.00 bits per heavy atom. The molecule has 2 rings (SSSR count). The molecule has 5 heteroatoms. The molecular formula is C13H12Cl2FNS. The van der Waals surface area contributed by atoms with Crippen LogP contribution in [0.3, 0.4) is 0 Å². The molecule has 0 unspecified atom stereocenters. The summed E-state index contributed by atoms with van der Waals surface area (Å²) in [6, 6.07) is 8.30. The summed E-state index contributed by atoms with van der Waals surface area (Å²) in [5.74, 6) is -0.263. The lowest BCUT2D eigenvalue weighted by atomic mass is 10.2. The predicted octanol–water partition coefficient (Wildman–Crippen LogP) is 4.53. The lowest BCUT2D eigenvalue weighted by Gasteiger charge is -2.06. The predicted molar refractivity (Wildman–Crippen MR) is 76.1 cm³/mol. The fourth-order valence-electron chi connectivity index (χ4n) is 1.60. The van der Waals surface area contributed by atoms with Crippen LogP contribution in [0, 0.1) is 5.82 Å². The Kier molecular flexibility index (Phi) is 5.01. The van der Waals surface area contributed by atoms with Gasteiger partial charge in [-0.2, -0.15) is 0 Å². The van der Waals surface area contributed by atoms with E-state index in [0.29, 0.717) is 11.6 Å². The second-order valence-corrected chi connectivity index (χ2v) is 6.08. The number of rotatable bonds is 5. The van der Waals surface area contributed by atoms with Crippen molar-refractivity contribution in [3.05, 3.63) is 55.9 Å². The Morgan fingerprint density at radius 3 is 2.72 bits per heavy atom. The molecule has 0 aliphatic heterocycles. The number of hydrogen-bond donors (Lipinski definition) is 1. The summed E-state index contributed by atoms with van der Waals surface area (Å²) in [6.45, 7) is 1.37. The monoisotopic (exact) mass is 303 g/mol. The lowest BCUT2D eigenvalue weighted by Crippen LogP contribution is -2.16. The largest absolute Gasteiger partial charge is 0.312 e. The fourth-order valence-corrected chi connectivity index (χ4v) is 2.87. The van der Waals surface area contributed by atoms with E-state index in [9.17, 15) is 4.39 Å². The van der Waals surface area contributed by atoms with Gasteiger partial charge in [-0.3, -0.25) is 0 Å². The third-order valence-electron chi connectivity index (χ3n) is 2.50. The Labute approximate surface area is 120 Å². The summed E-state index contributed by atoms with van der Waals surface area (Å²) in [4.78, 5) is 1.23. The van der Waals surface area contributed by atoms with Crippen LogP contribution in [-0.2, 0) is 13.0 Å². The van der Waals surface area contributed by atoms with Gasteiger partial charge in [0, 0.05) is 23.0 Å². The number of thiophene rings is 1. The molecule has 0 fully saturated rings. The van der Waals surface area contributed by atoms with Gasteiger partial charge in [-0.05, 0) is 42.3 Å². The maximum absolute atomic E-state index is 13.0. The van der Waals surface area contributed by atoms with Crippen molar-refractivity contribution in [2.24, 2.45) is 0 Å². The Balaban J connectivity index is 1.80. The first kappa shape index (κ1) is 13.8. The van der Waals surface area contributed by atoms with Gasteiger partial charge in [0.1, 0.15) is 5.82 Å². The second-order valence-electron chi connectivity index (χ2n) is 3.87. The van der Waals surface area contributed by atoms with Crippen LogP contribution in [0.1, 0.15) is 10.4 Å². The molecule has 1 N–H and O–H groups in total. The van der Waals surface area contributed by atoms with Crippen molar-refractivity contribution in [3.8, 4) is 0 Å². The topological polar surface area (TPSA) is 12.0 Å². The summed E-state index contributed by atoms with van der Waals surface area (Å²) >= 11 is 13.4. The van der Waals surface area contributed by atoms with Gasteiger partial charge < -0.3 is 5.32 Å². The molecule has 0 spiro atoms. The highest BCUT2D eigenvalue weighted by molar-refractivity contribution is 7.16. The molecule has 0 saturated carbocycles. The first-order valence-corrected chi connectivity index (χ1v) is 7.11. The van der Waals surface area contributed by atoms with E-state index in [1.54, 1.807) is 17.4 Å². The molecular weight excluding hydrogens is 292 g/mol. The van der Waals surface area contributed by atoms with E-state index in [0.717, 1.165) is 22.9 Å². The van der Waals surface area contributed by atoms with Gasteiger partial charge >= 0.3 is 0 Å². The average Bonchev–Trinajstić information content (AvgIpc) is 2.75. The number of hydrogen-bond acceptors (Lipinski definition) is 2. The molecule has 2 aromatic rings. The Morgan fingerprint density at radius 1 is 1.17 bits per heavy atom. The standard InChI is InChI=1S/C13H12Cl2FNS/c14-12-3-1-10(16)7-9(12)8-17-6-5-11-2-4-13(15)18-11/h1-4,7,17H,5-6,8H2. The minimum Gasteiger partial charge on any atom is -0.312 e. The average molecular weight is 304 g/mol. The van der Waals surface area contributed by atoms with E-state index < -0.39 is 0 Å². The summed E-state index contributed by atoms with van der Waals surface area (Å²) < 4.78 is 13.8.